The average molecular weight is 309 g/mol. The number of rotatable bonds is 6. The summed E-state index contributed by atoms with van der Waals surface area (Å²) in [5, 5.41) is 9.00. The molecule has 6 heteroatoms. The number of carbonyl (C=O) groups excluding carboxylic acids is 1. The minimum absolute atomic E-state index is 0.0140. The molecule has 22 heavy (non-hydrogen) atoms. The van der Waals surface area contributed by atoms with Crippen LogP contribution in [-0.4, -0.2) is 41.6 Å². The molecule has 6 nitrogen and oxygen atoms in total. The van der Waals surface area contributed by atoms with Crippen LogP contribution in [0.2, 0.25) is 0 Å². The Morgan fingerprint density at radius 2 is 2.18 bits per heavy atom. The number of amides is 1. The molecule has 0 aliphatic carbocycles. The summed E-state index contributed by atoms with van der Waals surface area (Å²) < 4.78 is 11.0. The van der Waals surface area contributed by atoms with Gasteiger partial charge in [0.25, 0.3) is 0 Å². The lowest BCUT2D eigenvalue weighted by Gasteiger charge is -2.23. The molecule has 0 radical (unpaired) electrons. The number of carboxylic acid groups (broad SMARTS) is 1. The maximum absolute atomic E-state index is 12.1. The largest absolute Gasteiger partial charge is 0.478 e. The minimum Gasteiger partial charge on any atom is -0.478 e. The molecule has 1 atom stereocenters. The Morgan fingerprint density at radius 1 is 1.41 bits per heavy atom. The van der Waals surface area contributed by atoms with Crippen molar-refractivity contribution in [1.82, 2.24) is 4.90 Å². The van der Waals surface area contributed by atoms with Gasteiger partial charge in [0.05, 0.1) is 12.6 Å². The Labute approximate surface area is 130 Å². The summed E-state index contributed by atoms with van der Waals surface area (Å²) >= 11 is 0. The van der Waals surface area contributed by atoms with Crippen LogP contribution < -0.4 is 0 Å². The summed E-state index contributed by atoms with van der Waals surface area (Å²) in [4.78, 5) is 24.7. The van der Waals surface area contributed by atoms with Crippen LogP contribution in [0.3, 0.4) is 0 Å². The van der Waals surface area contributed by atoms with E-state index in [1.54, 1.807) is 18.9 Å². The van der Waals surface area contributed by atoms with Crippen LogP contribution in [0.5, 0.6) is 0 Å². The molecule has 0 spiro atoms. The van der Waals surface area contributed by atoms with E-state index in [2.05, 4.69) is 0 Å². The van der Waals surface area contributed by atoms with Gasteiger partial charge in [-0.2, -0.15) is 0 Å². The summed E-state index contributed by atoms with van der Waals surface area (Å²) in [7, 11) is 1.70. The highest BCUT2D eigenvalue weighted by Gasteiger charge is 2.19. The molecule has 1 fully saturated rings. The maximum atomic E-state index is 12.1. The summed E-state index contributed by atoms with van der Waals surface area (Å²) in [5.74, 6) is -0.158. The molecule has 1 N–H and O–H groups in total. The number of nitrogens with zero attached hydrogens (tertiary/aromatic N) is 1. The molecular formula is C16H23NO5. The summed E-state index contributed by atoms with van der Waals surface area (Å²) in [5.41, 5.74) is 0.145. The van der Waals surface area contributed by atoms with Gasteiger partial charge in [-0.05, 0) is 38.7 Å². The van der Waals surface area contributed by atoms with Crippen molar-refractivity contribution in [3.8, 4) is 0 Å². The van der Waals surface area contributed by atoms with Crippen LogP contribution in [-0.2, 0) is 16.1 Å². The number of aromatic carboxylic acids is 1. The van der Waals surface area contributed by atoms with Gasteiger partial charge in [0.15, 0.2) is 0 Å². The lowest BCUT2D eigenvalue weighted by molar-refractivity contribution is -0.131. The van der Waals surface area contributed by atoms with Crippen molar-refractivity contribution in [2.45, 2.75) is 51.7 Å². The Balaban J connectivity index is 1.82. The second-order valence-electron chi connectivity index (χ2n) is 5.76. The second-order valence-corrected chi connectivity index (χ2v) is 5.76. The number of hydrogen-bond acceptors (Lipinski definition) is 4. The lowest BCUT2D eigenvalue weighted by Crippen LogP contribution is -2.28. The molecule has 0 aromatic carbocycles. The van der Waals surface area contributed by atoms with Gasteiger partial charge in [0.2, 0.25) is 5.91 Å². The van der Waals surface area contributed by atoms with Crippen LogP contribution in [0.25, 0.3) is 0 Å². The van der Waals surface area contributed by atoms with E-state index >= 15 is 0 Å². The van der Waals surface area contributed by atoms with Gasteiger partial charge in [0, 0.05) is 20.1 Å². The number of ether oxygens (including phenoxy) is 1. The predicted molar refractivity (Wildman–Crippen MR) is 79.7 cm³/mol. The molecule has 1 aromatic heterocycles. The van der Waals surface area contributed by atoms with E-state index in [9.17, 15) is 9.59 Å². The van der Waals surface area contributed by atoms with Crippen LogP contribution in [0.15, 0.2) is 10.5 Å². The van der Waals surface area contributed by atoms with E-state index in [1.807, 2.05) is 0 Å². The third-order valence-corrected chi connectivity index (χ3v) is 3.97. The second kappa shape index (κ2) is 7.45. The van der Waals surface area contributed by atoms with E-state index in [-0.39, 0.29) is 24.1 Å². The first-order valence-corrected chi connectivity index (χ1v) is 7.65. The molecule has 2 heterocycles. The van der Waals surface area contributed by atoms with E-state index in [4.69, 9.17) is 14.3 Å². The first kappa shape index (κ1) is 16.5. The molecule has 1 amide bonds. The monoisotopic (exact) mass is 309 g/mol. The first-order chi connectivity index (χ1) is 10.5. The van der Waals surface area contributed by atoms with Crippen LogP contribution in [0.4, 0.5) is 0 Å². The van der Waals surface area contributed by atoms with Crippen molar-refractivity contribution in [2.24, 2.45) is 0 Å². The van der Waals surface area contributed by atoms with Crippen molar-refractivity contribution in [3.05, 3.63) is 23.2 Å². The van der Waals surface area contributed by atoms with Crippen molar-refractivity contribution >= 4 is 11.9 Å². The third-order valence-electron chi connectivity index (χ3n) is 3.97. The van der Waals surface area contributed by atoms with Gasteiger partial charge in [-0.15, -0.1) is 0 Å². The van der Waals surface area contributed by atoms with E-state index in [1.165, 1.54) is 12.5 Å². The third kappa shape index (κ3) is 4.34. The first-order valence-electron chi connectivity index (χ1n) is 7.65. The van der Waals surface area contributed by atoms with Crippen LogP contribution >= 0.6 is 0 Å². The summed E-state index contributed by atoms with van der Waals surface area (Å²) in [6.07, 6.45) is 4.66. The molecule has 1 aliphatic rings. The molecule has 0 bridgehead atoms. The van der Waals surface area contributed by atoms with Gasteiger partial charge in [-0.3, -0.25) is 4.79 Å². The van der Waals surface area contributed by atoms with E-state index < -0.39 is 5.97 Å². The number of aryl methyl sites for hydroxylation is 1. The highest BCUT2D eigenvalue weighted by atomic mass is 16.5. The van der Waals surface area contributed by atoms with Crippen molar-refractivity contribution < 1.29 is 23.8 Å². The zero-order valence-electron chi connectivity index (χ0n) is 13.1. The van der Waals surface area contributed by atoms with Gasteiger partial charge >= 0.3 is 5.97 Å². The topological polar surface area (TPSA) is 80.0 Å². The Kier molecular flexibility index (Phi) is 5.60. The standard InChI is InChI=1S/C16H23NO5/c1-11-14(16(19)20)9-13(22-11)10-17(2)15(18)7-6-12-5-3-4-8-21-12/h9,12H,3-8,10H2,1-2H3,(H,19,20). The Bertz CT molecular complexity index is 531. The summed E-state index contributed by atoms with van der Waals surface area (Å²) in [6, 6.07) is 1.48. The molecule has 2 rings (SSSR count). The molecule has 122 valence electrons. The predicted octanol–water partition coefficient (Wildman–Crippen LogP) is 2.59. The van der Waals surface area contributed by atoms with Gasteiger partial charge in [-0.25, -0.2) is 4.79 Å². The fourth-order valence-corrected chi connectivity index (χ4v) is 2.67. The van der Waals surface area contributed by atoms with Crippen molar-refractivity contribution in [2.75, 3.05) is 13.7 Å². The fourth-order valence-electron chi connectivity index (χ4n) is 2.67. The fraction of sp³-hybridized carbons (Fsp3) is 0.625. The highest BCUT2D eigenvalue weighted by Crippen LogP contribution is 2.19. The number of hydrogen-bond donors (Lipinski definition) is 1. The van der Waals surface area contributed by atoms with Gasteiger partial charge in [-0.1, -0.05) is 0 Å². The van der Waals surface area contributed by atoms with E-state index in [0.29, 0.717) is 17.9 Å². The smallest absolute Gasteiger partial charge is 0.339 e. The van der Waals surface area contributed by atoms with Gasteiger partial charge in [0.1, 0.15) is 17.1 Å². The molecular weight excluding hydrogens is 286 g/mol. The zero-order chi connectivity index (χ0) is 16.1. The van der Waals surface area contributed by atoms with Crippen molar-refractivity contribution in [1.29, 1.82) is 0 Å². The molecule has 0 saturated carbocycles. The highest BCUT2D eigenvalue weighted by molar-refractivity contribution is 5.88. The van der Waals surface area contributed by atoms with Crippen molar-refractivity contribution in [3.63, 3.8) is 0 Å². The molecule has 1 unspecified atom stereocenters. The normalized spacial score (nSPS) is 18.2. The zero-order valence-corrected chi connectivity index (χ0v) is 13.1. The molecule has 1 aliphatic heterocycles. The minimum atomic E-state index is -1.02. The number of carboxylic acids is 1. The Hall–Kier alpha value is -1.82. The SMILES string of the molecule is Cc1oc(CN(C)C(=O)CCC2CCCCO2)cc1C(=O)O. The molecule has 1 aromatic rings. The lowest BCUT2D eigenvalue weighted by atomic mass is 10.0. The van der Waals surface area contributed by atoms with Crippen LogP contribution in [0, 0.1) is 6.92 Å². The quantitative estimate of drug-likeness (QED) is 0.873. The molecule has 1 saturated heterocycles. The summed E-state index contributed by atoms with van der Waals surface area (Å²) in [6.45, 7) is 2.67. The van der Waals surface area contributed by atoms with Crippen LogP contribution in [0.1, 0.15) is 54.0 Å². The maximum Gasteiger partial charge on any atom is 0.339 e. The average Bonchev–Trinajstić information content (AvgIpc) is 2.86. The number of carbonyl (C=O) groups is 2. The van der Waals surface area contributed by atoms with E-state index in [0.717, 1.165) is 25.9 Å². The number of furan rings is 1. The van der Waals surface area contributed by atoms with Gasteiger partial charge < -0.3 is 19.2 Å². The Morgan fingerprint density at radius 3 is 2.77 bits per heavy atom.